The molecule has 2 aromatic heterocycles. The molecule has 5 aromatic rings. The molecule has 342 valence electrons. The monoisotopic (exact) mass is 937 g/mol. The van der Waals surface area contributed by atoms with E-state index in [0.717, 1.165) is 106 Å². The number of amides is 1. The van der Waals surface area contributed by atoms with Crippen molar-refractivity contribution in [1.82, 2.24) is 24.5 Å². The number of aromatic nitrogens is 2. The summed E-state index contributed by atoms with van der Waals surface area (Å²) in [5.41, 5.74) is 6.16. The first-order valence-electron chi connectivity index (χ1n) is 22.7. The van der Waals surface area contributed by atoms with Gasteiger partial charge in [-0.1, -0.05) is 49.6 Å². The van der Waals surface area contributed by atoms with Gasteiger partial charge in [0.05, 0.1) is 21.6 Å². The molecule has 2 saturated heterocycles. The number of piperidine rings is 1. The van der Waals surface area contributed by atoms with Gasteiger partial charge in [-0.2, -0.15) is 0 Å². The number of hydrogen-bond acceptors (Lipinski definition) is 11. The van der Waals surface area contributed by atoms with Gasteiger partial charge in [0.1, 0.15) is 17.1 Å². The zero-order valence-corrected chi connectivity index (χ0v) is 39.4. The van der Waals surface area contributed by atoms with E-state index in [1.807, 2.05) is 24.3 Å². The third-order valence-corrected chi connectivity index (χ3v) is 16.4. The number of thioether (sulfide) groups is 1. The van der Waals surface area contributed by atoms with Gasteiger partial charge in [-0.15, -0.1) is 11.8 Å². The van der Waals surface area contributed by atoms with Gasteiger partial charge in [0.2, 0.25) is 0 Å². The zero-order valence-electron chi connectivity index (χ0n) is 37.0. The quantitative estimate of drug-likeness (QED) is 0.0857. The molecule has 2 N–H and O–H groups in total. The second-order valence-corrected chi connectivity index (χ2v) is 21.9. The number of H-pyrrole nitrogens is 1. The Kier molecular flexibility index (Phi) is 13.3. The van der Waals surface area contributed by atoms with Crippen molar-refractivity contribution in [1.29, 1.82) is 0 Å². The maximum Gasteiger partial charge on any atom is 0.275 e. The normalized spacial score (nSPS) is 19.6. The SMILES string of the molecule is CC1(C)CCC(CN2CCN(c3ccc(C(=O)NS(=O)(=O)c4cc5c(c([N+](=O)[O-])c4)C[C@H](CCN4CCCCC4)CS5)c(Oc4cnc5[nH]ccc5c4)c3)CC2)=C(c2ccc(Cl)cc2)C1. The van der Waals surface area contributed by atoms with Gasteiger partial charge in [-0.25, -0.2) is 18.1 Å². The third kappa shape index (κ3) is 10.5. The Morgan fingerprint density at radius 2 is 1.78 bits per heavy atom. The Labute approximate surface area is 390 Å². The van der Waals surface area contributed by atoms with E-state index in [0.29, 0.717) is 28.3 Å². The van der Waals surface area contributed by atoms with E-state index in [1.165, 1.54) is 53.8 Å². The van der Waals surface area contributed by atoms with Crippen molar-refractivity contribution in [2.24, 2.45) is 11.3 Å². The molecule has 3 aliphatic heterocycles. The maximum atomic E-state index is 14.1. The van der Waals surface area contributed by atoms with Crippen LogP contribution in [-0.4, -0.2) is 97.1 Å². The average Bonchev–Trinajstić information content (AvgIpc) is 3.77. The number of pyridine rings is 1. The number of nitrogens with one attached hydrogen (secondary N) is 2. The molecule has 1 aliphatic carbocycles. The molecule has 1 atom stereocenters. The number of carbonyl (C=O) groups excluding carboxylic acids is 1. The summed E-state index contributed by atoms with van der Waals surface area (Å²) in [6.45, 7) is 11.8. The number of hydrogen-bond donors (Lipinski definition) is 2. The molecule has 0 bridgehead atoms. The van der Waals surface area contributed by atoms with Gasteiger partial charge in [-0.05, 0) is 130 Å². The molecule has 0 spiro atoms. The van der Waals surface area contributed by atoms with E-state index >= 15 is 0 Å². The van der Waals surface area contributed by atoms with E-state index in [4.69, 9.17) is 16.3 Å². The summed E-state index contributed by atoms with van der Waals surface area (Å²) in [4.78, 5) is 41.0. The Morgan fingerprint density at radius 3 is 2.55 bits per heavy atom. The number of nitro groups is 1. The van der Waals surface area contributed by atoms with Crippen LogP contribution in [0.15, 0.2) is 94.5 Å². The molecule has 65 heavy (non-hydrogen) atoms. The second-order valence-electron chi connectivity index (χ2n) is 18.7. The predicted octanol–water partition coefficient (Wildman–Crippen LogP) is 9.96. The van der Waals surface area contributed by atoms with Gasteiger partial charge >= 0.3 is 0 Å². The van der Waals surface area contributed by atoms with Gasteiger partial charge < -0.3 is 19.5 Å². The fraction of sp³-hybridized carbons (Fsp3) is 0.429. The summed E-state index contributed by atoms with van der Waals surface area (Å²) in [7, 11) is -4.55. The van der Waals surface area contributed by atoms with Crippen molar-refractivity contribution in [3.05, 3.63) is 117 Å². The van der Waals surface area contributed by atoms with Crippen molar-refractivity contribution >= 4 is 67.3 Å². The molecule has 0 radical (unpaired) electrons. The third-order valence-electron chi connectivity index (χ3n) is 13.5. The van der Waals surface area contributed by atoms with E-state index in [1.54, 1.807) is 30.6 Å². The van der Waals surface area contributed by atoms with Crippen LogP contribution in [0.1, 0.15) is 80.3 Å². The van der Waals surface area contributed by atoms with E-state index in [2.05, 4.69) is 55.4 Å². The number of halogens is 1. The van der Waals surface area contributed by atoms with Gasteiger partial charge in [0, 0.05) is 83.4 Å². The highest BCUT2D eigenvalue weighted by Crippen LogP contribution is 2.44. The summed E-state index contributed by atoms with van der Waals surface area (Å²) in [6, 6.07) is 19.6. The number of ether oxygens (including phenoxy) is 1. The summed E-state index contributed by atoms with van der Waals surface area (Å²) in [5.74, 6) is 0.585. The van der Waals surface area contributed by atoms with Crippen LogP contribution in [0.25, 0.3) is 16.6 Å². The van der Waals surface area contributed by atoms with Crippen LogP contribution in [0.2, 0.25) is 5.02 Å². The number of likely N-dealkylation sites (tertiary alicyclic amines) is 1. The smallest absolute Gasteiger partial charge is 0.275 e. The Bertz CT molecular complexity index is 2730. The first-order valence-corrected chi connectivity index (χ1v) is 25.5. The van der Waals surface area contributed by atoms with Crippen molar-refractivity contribution in [3.8, 4) is 11.5 Å². The number of anilines is 1. The zero-order chi connectivity index (χ0) is 45.3. The lowest BCUT2D eigenvalue weighted by molar-refractivity contribution is -0.386. The molecule has 9 rings (SSSR count). The summed E-state index contributed by atoms with van der Waals surface area (Å²) >= 11 is 7.70. The fourth-order valence-electron chi connectivity index (χ4n) is 9.76. The molecule has 4 aliphatic rings. The van der Waals surface area contributed by atoms with Crippen LogP contribution in [0.5, 0.6) is 11.5 Å². The molecule has 0 saturated carbocycles. The van der Waals surface area contributed by atoms with E-state index in [9.17, 15) is 23.3 Å². The summed E-state index contributed by atoms with van der Waals surface area (Å²) in [6.07, 6.45) is 11.6. The molecule has 5 heterocycles. The highest BCUT2D eigenvalue weighted by atomic mass is 35.5. The minimum absolute atomic E-state index is 0.00889. The minimum Gasteiger partial charge on any atom is -0.455 e. The van der Waals surface area contributed by atoms with E-state index < -0.39 is 20.9 Å². The van der Waals surface area contributed by atoms with Crippen LogP contribution >= 0.6 is 23.4 Å². The van der Waals surface area contributed by atoms with Crippen LogP contribution < -0.4 is 14.4 Å². The van der Waals surface area contributed by atoms with Crippen molar-refractivity contribution in [2.45, 2.75) is 75.0 Å². The largest absolute Gasteiger partial charge is 0.455 e. The lowest BCUT2D eigenvalue weighted by atomic mass is 9.72. The van der Waals surface area contributed by atoms with Gasteiger partial charge in [0.15, 0.2) is 0 Å². The number of aromatic amines is 1. The predicted molar refractivity (Wildman–Crippen MR) is 258 cm³/mol. The van der Waals surface area contributed by atoms with E-state index in [-0.39, 0.29) is 33.2 Å². The Hall–Kier alpha value is -4.93. The number of carbonyl (C=O) groups is 1. The molecule has 13 nitrogen and oxygen atoms in total. The van der Waals surface area contributed by atoms with Crippen LogP contribution in [0.4, 0.5) is 11.4 Å². The molecule has 3 aromatic carbocycles. The number of nitro benzene ring substituents is 1. The van der Waals surface area contributed by atoms with Gasteiger partial charge in [0.25, 0.3) is 21.6 Å². The molecular weight excluding hydrogens is 882 g/mol. The lowest BCUT2D eigenvalue weighted by Crippen LogP contribution is -2.47. The highest BCUT2D eigenvalue weighted by Gasteiger charge is 2.33. The number of piperazine rings is 1. The lowest BCUT2D eigenvalue weighted by Gasteiger charge is -2.39. The van der Waals surface area contributed by atoms with Crippen LogP contribution in [0.3, 0.4) is 0 Å². The molecule has 0 unspecified atom stereocenters. The average molecular weight is 939 g/mol. The second kappa shape index (κ2) is 19.1. The number of nitrogens with zero attached hydrogens (tertiary/aromatic N) is 5. The number of benzene rings is 3. The Morgan fingerprint density at radius 1 is 1.00 bits per heavy atom. The molecule has 1 amide bonds. The van der Waals surface area contributed by atoms with Crippen molar-refractivity contribution in [2.75, 3.05) is 63.0 Å². The number of sulfonamides is 1. The maximum absolute atomic E-state index is 14.1. The summed E-state index contributed by atoms with van der Waals surface area (Å²) < 4.78 is 36.6. The standard InChI is InChI=1S/C49H56ClN7O6S2/c1-49(2)15-12-36(43(29-49)34-6-8-37(50)9-7-34)31-55-20-22-56(23-21-55)38-10-11-41(45(26-38)63-39-25-35-13-16-51-47(35)52-30-39)48(58)53-65(61,62)40-27-44(57(59)60)42-24-33(32-64-46(42)28-40)14-19-54-17-4-3-5-18-54/h6-11,13,16,25-28,30,33H,3-5,12,14-15,17-24,29,31-32H2,1-2H3,(H,51,52)(H,53,58)/t33-/m0/s1. The first kappa shape index (κ1) is 45.2. The number of allylic oxidation sites excluding steroid dienone is 1. The van der Waals surface area contributed by atoms with Crippen LogP contribution in [-0.2, 0) is 16.4 Å². The molecular formula is C49H56ClN7O6S2. The first-order chi connectivity index (χ1) is 31.3. The fourth-order valence-corrected chi connectivity index (χ4v) is 12.2. The van der Waals surface area contributed by atoms with Crippen LogP contribution in [0, 0.1) is 21.4 Å². The van der Waals surface area contributed by atoms with Crippen molar-refractivity contribution in [3.63, 3.8) is 0 Å². The van der Waals surface area contributed by atoms with Gasteiger partial charge in [-0.3, -0.25) is 19.8 Å². The summed E-state index contributed by atoms with van der Waals surface area (Å²) in [5, 5.41) is 14.0. The van der Waals surface area contributed by atoms with Crippen molar-refractivity contribution < 1.29 is 22.9 Å². The minimum atomic E-state index is -4.55. The Balaban J connectivity index is 0.928. The topological polar surface area (TPSA) is 154 Å². The number of rotatable bonds is 13. The molecule has 16 heteroatoms. The number of fused-ring (bicyclic) bond motifs is 2. The highest BCUT2D eigenvalue weighted by molar-refractivity contribution is 7.99. The molecule has 2 fully saturated rings.